The van der Waals surface area contributed by atoms with Gasteiger partial charge in [-0.05, 0) is 50.9 Å². The molecule has 0 radical (unpaired) electrons. The molecule has 0 heterocycles. The van der Waals surface area contributed by atoms with E-state index in [4.69, 9.17) is 9.47 Å². The van der Waals surface area contributed by atoms with Crippen molar-refractivity contribution in [2.24, 2.45) is 5.92 Å². The van der Waals surface area contributed by atoms with Crippen LogP contribution in [0.25, 0.3) is 0 Å². The van der Waals surface area contributed by atoms with Gasteiger partial charge in [-0.1, -0.05) is 83.6 Å². The molecule has 0 amide bonds. The first-order chi connectivity index (χ1) is 13.2. The smallest absolute Gasteiger partial charge is 0.434 e. The van der Waals surface area contributed by atoms with Crippen molar-refractivity contribution < 1.29 is 14.3 Å². The monoisotopic (exact) mass is 380 g/mol. The maximum atomic E-state index is 11.3. The first kappa shape index (κ1) is 25.8. The van der Waals surface area contributed by atoms with Gasteiger partial charge in [0, 0.05) is 0 Å². The minimum absolute atomic E-state index is 0.459. The van der Waals surface area contributed by atoms with Crippen LogP contribution in [0.15, 0.2) is 24.3 Å². The van der Waals surface area contributed by atoms with E-state index in [-0.39, 0.29) is 0 Å². The van der Waals surface area contributed by atoms with Crippen LogP contribution in [-0.4, -0.2) is 19.4 Å². The van der Waals surface area contributed by atoms with Crippen molar-refractivity contribution in [2.75, 3.05) is 13.2 Å². The number of allylic oxidation sites excluding steroid dienone is 4. The van der Waals surface area contributed by atoms with E-state index in [1.165, 1.54) is 57.8 Å². The van der Waals surface area contributed by atoms with E-state index in [1.807, 2.05) is 0 Å². The summed E-state index contributed by atoms with van der Waals surface area (Å²) in [6.07, 6.45) is 24.1. The topological polar surface area (TPSA) is 35.5 Å². The number of hydrogen-bond donors (Lipinski definition) is 0. The minimum Gasteiger partial charge on any atom is -0.434 e. The Morgan fingerprint density at radius 2 is 1.30 bits per heavy atom. The number of carbonyl (C=O) groups excluding carboxylic acids is 1. The van der Waals surface area contributed by atoms with E-state index in [9.17, 15) is 4.79 Å². The Kier molecular flexibility index (Phi) is 20.1. The van der Waals surface area contributed by atoms with E-state index >= 15 is 0 Å². The van der Waals surface area contributed by atoms with Crippen molar-refractivity contribution in [3.8, 4) is 0 Å². The van der Waals surface area contributed by atoms with Gasteiger partial charge < -0.3 is 9.47 Å². The molecule has 0 N–H and O–H groups in total. The largest absolute Gasteiger partial charge is 0.508 e. The SMILES string of the molecule is CCCCCC=CCC=CCCCCCCCCOC(=O)OCCC(C)C. The summed E-state index contributed by atoms with van der Waals surface area (Å²) in [4.78, 5) is 11.3. The molecule has 0 atom stereocenters. The lowest BCUT2D eigenvalue weighted by Gasteiger charge is -2.07. The molecule has 3 nitrogen and oxygen atoms in total. The van der Waals surface area contributed by atoms with E-state index in [0.29, 0.717) is 19.1 Å². The predicted octanol–water partition coefficient (Wildman–Crippen LogP) is 8.00. The second-order valence-corrected chi connectivity index (χ2v) is 7.71. The van der Waals surface area contributed by atoms with Crippen molar-refractivity contribution in [3.63, 3.8) is 0 Å². The molecule has 0 bridgehead atoms. The van der Waals surface area contributed by atoms with Gasteiger partial charge in [-0.2, -0.15) is 0 Å². The molecule has 0 spiro atoms. The lowest BCUT2D eigenvalue weighted by Crippen LogP contribution is -2.10. The maximum absolute atomic E-state index is 11.3. The Balaban J connectivity index is 3.24. The molecule has 27 heavy (non-hydrogen) atoms. The Morgan fingerprint density at radius 3 is 1.93 bits per heavy atom. The molecule has 0 aromatic heterocycles. The summed E-state index contributed by atoms with van der Waals surface area (Å²) in [5.74, 6) is 0.547. The summed E-state index contributed by atoms with van der Waals surface area (Å²) in [7, 11) is 0. The van der Waals surface area contributed by atoms with Gasteiger partial charge in [0.15, 0.2) is 0 Å². The van der Waals surface area contributed by atoms with Gasteiger partial charge in [0.1, 0.15) is 0 Å². The van der Waals surface area contributed by atoms with Gasteiger partial charge in [0.2, 0.25) is 0 Å². The quantitative estimate of drug-likeness (QED) is 0.137. The zero-order valence-electron chi connectivity index (χ0n) is 18.2. The van der Waals surface area contributed by atoms with Crippen LogP contribution in [0.1, 0.15) is 104 Å². The summed E-state index contributed by atoms with van der Waals surface area (Å²) in [5.41, 5.74) is 0. The van der Waals surface area contributed by atoms with Gasteiger partial charge in [0.25, 0.3) is 0 Å². The molecule has 158 valence electrons. The fourth-order valence-electron chi connectivity index (χ4n) is 2.67. The highest BCUT2D eigenvalue weighted by atomic mass is 16.7. The van der Waals surface area contributed by atoms with Crippen LogP contribution >= 0.6 is 0 Å². The van der Waals surface area contributed by atoms with Gasteiger partial charge in [-0.15, -0.1) is 0 Å². The van der Waals surface area contributed by atoms with Crippen molar-refractivity contribution in [1.29, 1.82) is 0 Å². The lowest BCUT2D eigenvalue weighted by atomic mass is 10.1. The third-order valence-electron chi connectivity index (χ3n) is 4.48. The van der Waals surface area contributed by atoms with E-state index < -0.39 is 6.16 Å². The molecule has 0 aromatic rings. The summed E-state index contributed by atoms with van der Waals surface area (Å²) in [6.45, 7) is 7.40. The highest BCUT2D eigenvalue weighted by molar-refractivity contribution is 5.59. The first-order valence-electron chi connectivity index (χ1n) is 11.3. The highest BCUT2D eigenvalue weighted by Gasteiger charge is 2.03. The Labute approximate surface area is 168 Å². The third-order valence-corrected chi connectivity index (χ3v) is 4.48. The lowest BCUT2D eigenvalue weighted by molar-refractivity contribution is 0.0512. The Morgan fingerprint density at radius 1 is 0.741 bits per heavy atom. The Hall–Kier alpha value is -1.25. The molecule has 0 rings (SSSR count). The molecule has 0 aliphatic heterocycles. The maximum Gasteiger partial charge on any atom is 0.508 e. The first-order valence-corrected chi connectivity index (χ1v) is 11.3. The molecule has 0 saturated carbocycles. The molecule has 0 saturated heterocycles. The van der Waals surface area contributed by atoms with Crippen molar-refractivity contribution in [3.05, 3.63) is 24.3 Å². The zero-order chi connectivity index (χ0) is 20.0. The third kappa shape index (κ3) is 22.7. The molecule has 0 fully saturated rings. The van der Waals surface area contributed by atoms with E-state index in [0.717, 1.165) is 25.7 Å². The van der Waals surface area contributed by atoms with Crippen molar-refractivity contribution in [2.45, 2.75) is 104 Å². The number of carbonyl (C=O) groups is 1. The van der Waals surface area contributed by atoms with Gasteiger partial charge >= 0.3 is 6.16 Å². The molecular formula is C24H44O3. The van der Waals surface area contributed by atoms with Crippen LogP contribution in [0.4, 0.5) is 4.79 Å². The molecule has 0 unspecified atom stereocenters. The number of unbranched alkanes of at least 4 members (excludes halogenated alkanes) is 9. The Bertz CT molecular complexity index is 372. The van der Waals surface area contributed by atoms with Gasteiger partial charge in [-0.25, -0.2) is 4.79 Å². The van der Waals surface area contributed by atoms with E-state index in [2.05, 4.69) is 45.1 Å². The van der Waals surface area contributed by atoms with Gasteiger partial charge in [-0.3, -0.25) is 0 Å². The van der Waals surface area contributed by atoms with Crippen LogP contribution in [0.3, 0.4) is 0 Å². The fourth-order valence-corrected chi connectivity index (χ4v) is 2.67. The number of hydrogen-bond acceptors (Lipinski definition) is 3. The fraction of sp³-hybridized carbons (Fsp3) is 0.792. The van der Waals surface area contributed by atoms with Crippen LogP contribution in [-0.2, 0) is 9.47 Å². The standard InChI is InChI=1S/C24H44O3/c1-4-5-6-7-8-9-10-11-12-13-14-15-16-17-18-19-21-26-24(25)27-22-20-23(2)3/h8-9,11-12,23H,4-7,10,13-22H2,1-3H3. The normalized spacial score (nSPS) is 11.7. The van der Waals surface area contributed by atoms with Crippen molar-refractivity contribution in [1.82, 2.24) is 0 Å². The second kappa shape index (κ2) is 21.1. The second-order valence-electron chi connectivity index (χ2n) is 7.71. The van der Waals surface area contributed by atoms with Gasteiger partial charge in [0.05, 0.1) is 13.2 Å². The minimum atomic E-state index is -0.516. The summed E-state index contributed by atoms with van der Waals surface area (Å²) >= 11 is 0. The zero-order valence-corrected chi connectivity index (χ0v) is 18.2. The average Bonchev–Trinajstić information content (AvgIpc) is 2.64. The van der Waals surface area contributed by atoms with Crippen LogP contribution < -0.4 is 0 Å². The molecule has 0 aliphatic carbocycles. The highest BCUT2D eigenvalue weighted by Crippen LogP contribution is 2.08. The summed E-state index contributed by atoms with van der Waals surface area (Å²) in [6, 6.07) is 0. The summed E-state index contributed by atoms with van der Waals surface area (Å²) in [5, 5.41) is 0. The van der Waals surface area contributed by atoms with E-state index in [1.54, 1.807) is 0 Å². The predicted molar refractivity (Wildman–Crippen MR) is 116 cm³/mol. The van der Waals surface area contributed by atoms with Crippen LogP contribution in [0, 0.1) is 5.92 Å². The van der Waals surface area contributed by atoms with Crippen molar-refractivity contribution >= 4 is 6.16 Å². The van der Waals surface area contributed by atoms with Crippen LogP contribution in [0.5, 0.6) is 0 Å². The number of ether oxygens (including phenoxy) is 2. The van der Waals surface area contributed by atoms with Crippen LogP contribution in [0.2, 0.25) is 0 Å². The molecular weight excluding hydrogens is 336 g/mol. The average molecular weight is 381 g/mol. The molecule has 0 aromatic carbocycles. The number of rotatable bonds is 18. The summed E-state index contributed by atoms with van der Waals surface area (Å²) < 4.78 is 10.1. The molecule has 0 aliphatic rings. The molecule has 3 heteroatoms.